The molecule has 0 aliphatic rings. The Morgan fingerprint density at radius 1 is 1.08 bits per heavy atom. The molecule has 0 saturated carbocycles. The van der Waals surface area contributed by atoms with Gasteiger partial charge in [-0.15, -0.1) is 0 Å². The third-order valence-corrected chi connectivity index (χ3v) is 4.51. The molecule has 25 heavy (non-hydrogen) atoms. The van der Waals surface area contributed by atoms with E-state index in [-0.39, 0.29) is 0 Å². The second kappa shape index (κ2) is 9.42. The average Bonchev–Trinajstić information content (AvgIpc) is 2.64. The molecule has 0 atom stereocenters. The zero-order chi connectivity index (χ0) is 18.2. The van der Waals surface area contributed by atoms with Crippen LogP contribution in [0.5, 0.6) is 5.75 Å². The number of anilines is 1. The van der Waals surface area contributed by atoms with Crippen LogP contribution in [0.25, 0.3) is 0 Å². The predicted molar refractivity (Wildman–Crippen MR) is 111 cm³/mol. The molecular formula is C21H28N2OS. The molecule has 0 bridgehead atoms. The van der Waals surface area contributed by atoms with Crippen molar-refractivity contribution in [1.82, 2.24) is 5.32 Å². The van der Waals surface area contributed by atoms with E-state index in [0.717, 1.165) is 36.1 Å². The van der Waals surface area contributed by atoms with Crippen molar-refractivity contribution in [3.63, 3.8) is 0 Å². The number of rotatable bonds is 7. The summed E-state index contributed by atoms with van der Waals surface area (Å²) in [5.74, 6) is 1.39. The van der Waals surface area contributed by atoms with Crippen LogP contribution in [0.3, 0.4) is 0 Å². The Hall–Kier alpha value is -2.07. The topological polar surface area (TPSA) is 24.5 Å². The maximum absolute atomic E-state index is 5.63. The molecule has 0 aromatic heterocycles. The molecule has 2 aromatic carbocycles. The lowest BCUT2D eigenvalue weighted by Crippen LogP contribution is -2.39. The Morgan fingerprint density at radius 3 is 2.24 bits per heavy atom. The fourth-order valence-corrected chi connectivity index (χ4v) is 2.83. The van der Waals surface area contributed by atoms with Crippen LogP contribution >= 0.6 is 12.2 Å². The fourth-order valence-electron chi connectivity index (χ4n) is 2.56. The molecule has 1 N–H and O–H groups in total. The van der Waals surface area contributed by atoms with Gasteiger partial charge in [0.15, 0.2) is 5.11 Å². The van der Waals surface area contributed by atoms with Crippen molar-refractivity contribution < 1.29 is 4.74 Å². The zero-order valence-electron chi connectivity index (χ0n) is 15.6. The third kappa shape index (κ3) is 5.46. The fraction of sp³-hybridized carbons (Fsp3) is 0.381. The van der Waals surface area contributed by atoms with Gasteiger partial charge in [-0.25, -0.2) is 0 Å². The maximum atomic E-state index is 5.63. The minimum atomic E-state index is 0.541. The van der Waals surface area contributed by atoms with E-state index < -0.39 is 0 Å². The maximum Gasteiger partial charge on any atom is 0.173 e. The lowest BCUT2D eigenvalue weighted by molar-refractivity contribution is 0.415. The second-order valence-electron chi connectivity index (χ2n) is 6.41. The summed E-state index contributed by atoms with van der Waals surface area (Å²) in [5.41, 5.74) is 3.65. The third-order valence-electron chi connectivity index (χ3n) is 4.14. The van der Waals surface area contributed by atoms with Gasteiger partial charge in [0.25, 0.3) is 0 Å². The molecule has 2 rings (SSSR count). The number of hydrogen-bond donors (Lipinski definition) is 1. The highest BCUT2D eigenvalue weighted by Crippen LogP contribution is 2.22. The van der Waals surface area contributed by atoms with E-state index in [2.05, 4.69) is 55.3 Å². The number of thiocarbonyl (C=S) groups is 1. The molecule has 0 fully saturated rings. The van der Waals surface area contributed by atoms with Crippen molar-refractivity contribution in [2.24, 2.45) is 0 Å². The lowest BCUT2D eigenvalue weighted by Gasteiger charge is -2.26. The zero-order valence-corrected chi connectivity index (χ0v) is 16.4. The molecule has 0 amide bonds. The van der Waals surface area contributed by atoms with Gasteiger partial charge in [0, 0.05) is 12.2 Å². The number of benzene rings is 2. The van der Waals surface area contributed by atoms with Gasteiger partial charge in [-0.3, -0.25) is 0 Å². The SMILES string of the molecule is CCCNC(=S)N(Cc1ccc(C(C)C)cc1)c1ccc(OC)cc1. The Morgan fingerprint density at radius 2 is 1.72 bits per heavy atom. The van der Waals surface area contributed by atoms with E-state index in [4.69, 9.17) is 17.0 Å². The molecule has 3 nitrogen and oxygen atoms in total. The van der Waals surface area contributed by atoms with Crippen LogP contribution in [-0.2, 0) is 6.54 Å². The standard InChI is InChI=1S/C21H28N2OS/c1-5-14-22-21(25)23(19-10-12-20(24-4)13-11-19)15-17-6-8-18(9-7-17)16(2)3/h6-13,16H,5,14-15H2,1-4H3,(H,22,25). The van der Waals surface area contributed by atoms with Crippen LogP contribution in [-0.4, -0.2) is 18.8 Å². The smallest absolute Gasteiger partial charge is 0.173 e. The molecule has 0 unspecified atom stereocenters. The summed E-state index contributed by atoms with van der Waals surface area (Å²) >= 11 is 5.63. The lowest BCUT2D eigenvalue weighted by atomic mass is 10.0. The van der Waals surface area contributed by atoms with Crippen LogP contribution in [0.15, 0.2) is 48.5 Å². The number of ether oxygens (including phenoxy) is 1. The predicted octanol–water partition coefficient (Wildman–Crippen LogP) is 5.11. The Bertz CT molecular complexity index is 665. The summed E-state index contributed by atoms with van der Waals surface area (Å²) in [6.07, 6.45) is 1.04. The van der Waals surface area contributed by atoms with Crippen LogP contribution in [0.4, 0.5) is 5.69 Å². The summed E-state index contributed by atoms with van der Waals surface area (Å²) in [4.78, 5) is 2.13. The highest BCUT2D eigenvalue weighted by Gasteiger charge is 2.13. The second-order valence-corrected chi connectivity index (χ2v) is 6.80. The average molecular weight is 357 g/mol. The van der Waals surface area contributed by atoms with Gasteiger partial charge in [-0.1, -0.05) is 45.0 Å². The number of nitrogens with zero attached hydrogens (tertiary/aromatic N) is 1. The first-order chi connectivity index (χ1) is 12.0. The van der Waals surface area contributed by atoms with E-state index in [0.29, 0.717) is 5.92 Å². The van der Waals surface area contributed by atoms with E-state index in [1.54, 1.807) is 7.11 Å². The molecule has 2 aromatic rings. The highest BCUT2D eigenvalue weighted by molar-refractivity contribution is 7.80. The van der Waals surface area contributed by atoms with Gasteiger partial charge in [0.2, 0.25) is 0 Å². The summed E-state index contributed by atoms with van der Waals surface area (Å²) < 4.78 is 5.26. The normalized spacial score (nSPS) is 10.6. The van der Waals surface area contributed by atoms with Gasteiger partial charge in [-0.05, 0) is 59.9 Å². The van der Waals surface area contributed by atoms with Crippen molar-refractivity contribution in [3.05, 3.63) is 59.7 Å². The summed E-state index contributed by atoms with van der Waals surface area (Å²) in [6.45, 7) is 8.17. The van der Waals surface area contributed by atoms with E-state index >= 15 is 0 Å². The van der Waals surface area contributed by atoms with Crippen molar-refractivity contribution in [2.75, 3.05) is 18.6 Å². The largest absolute Gasteiger partial charge is 0.497 e. The number of nitrogens with one attached hydrogen (secondary N) is 1. The quantitative estimate of drug-likeness (QED) is 0.697. The molecule has 0 heterocycles. The first-order valence-electron chi connectivity index (χ1n) is 8.83. The first kappa shape index (κ1) is 19.3. The highest BCUT2D eigenvalue weighted by atomic mass is 32.1. The minimum Gasteiger partial charge on any atom is -0.497 e. The van der Waals surface area contributed by atoms with Crippen LogP contribution in [0.1, 0.15) is 44.2 Å². The van der Waals surface area contributed by atoms with Gasteiger partial charge >= 0.3 is 0 Å². The summed E-state index contributed by atoms with van der Waals surface area (Å²) in [7, 11) is 1.68. The molecule has 0 radical (unpaired) electrons. The monoisotopic (exact) mass is 356 g/mol. The van der Waals surface area contributed by atoms with E-state index in [1.807, 2.05) is 24.3 Å². The van der Waals surface area contributed by atoms with Gasteiger partial charge < -0.3 is 15.0 Å². The molecule has 0 spiro atoms. The van der Waals surface area contributed by atoms with Crippen molar-refractivity contribution >= 4 is 23.0 Å². The molecular weight excluding hydrogens is 328 g/mol. The molecule has 0 aliphatic carbocycles. The van der Waals surface area contributed by atoms with Crippen molar-refractivity contribution in [3.8, 4) is 5.75 Å². The van der Waals surface area contributed by atoms with Gasteiger partial charge in [-0.2, -0.15) is 0 Å². The number of hydrogen-bond acceptors (Lipinski definition) is 2. The summed E-state index contributed by atoms with van der Waals surface area (Å²) in [6, 6.07) is 16.8. The van der Waals surface area contributed by atoms with Crippen LogP contribution < -0.4 is 15.0 Å². The minimum absolute atomic E-state index is 0.541. The molecule has 0 aliphatic heterocycles. The molecule has 4 heteroatoms. The molecule has 0 saturated heterocycles. The van der Waals surface area contributed by atoms with Gasteiger partial charge in [0.1, 0.15) is 5.75 Å². The Labute approximate surface area is 157 Å². The first-order valence-corrected chi connectivity index (χ1v) is 9.24. The van der Waals surface area contributed by atoms with E-state index in [9.17, 15) is 0 Å². The molecule has 134 valence electrons. The Kier molecular flexibility index (Phi) is 7.26. The van der Waals surface area contributed by atoms with Crippen LogP contribution in [0, 0.1) is 0 Å². The number of methoxy groups -OCH3 is 1. The van der Waals surface area contributed by atoms with Crippen molar-refractivity contribution in [2.45, 2.75) is 39.7 Å². The van der Waals surface area contributed by atoms with Crippen molar-refractivity contribution in [1.29, 1.82) is 0 Å². The van der Waals surface area contributed by atoms with Crippen LogP contribution in [0.2, 0.25) is 0 Å². The Balaban J connectivity index is 2.22. The van der Waals surface area contributed by atoms with Gasteiger partial charge in [0.05, 0.1) is 13.7 Å². The van der Waals surface area contributed by atoms with E-state index in [1.165, 1.54) is 11.1 Å². The summed E-state index contributed by atoms with van der Waals surface area (Å²) in [5, 5.41) is 4.09.